The van der Waals surface area contributed by atoms with Crippen LogP contribution in [0.3, 0.4) is 0 Å². The minimum absolute atomic E-state index is 0.0168. The Labute approximate surface area is 185 Å². The number of benzene rings is 2. The minimum Gasteiger partial charge on any atom is -0.486 e. The number of anilines is 1. The number of aromatic nitrogens is 3. The molecule has 0 saturated carbocycles. The summed E-state index contributed by atoms with van der Waals surface area (Å²) in [4.78, 5) is 15.1. The maximum absolute atomic E-state index is 12.9. The third-order valence-electron chi connectivity index (χ3n) is 5.49. The van der Waals surface area contributed by atoms with Crippen molar-refractivity contribution < 1.29 is 14.3 Å². The molecule has 5 rings (SSSR count). The maximum atomic E-state index is 12.9. The van der Waals surface area contributed by atoms with Gasteiger partial charge in [0.05, 0.1) is 11.4 Å². The number of nitrogens with zero attached hydrogens (tertiary/aromatic N) is 4. The lowest BCUT2D eigenvalue weighted by molar-refractivity contribution is 0.102. The summed E-state index contributed by atoms with van der Waals surface area (Å²) < 4.78 is 13.2. The minimum atomic E-state index is 0.0168. The second kappa shape index (κ2) is 8.63. The summed E-state index contributed by atoms with van der Waals surface area (Å²) >= 11 is 1.41. The van der Waals surface area contributed by atoms with Crippen LogP contribution in [0.15, 0.2) is 47.6 Å². The lowest BCUT2D eigenvalue weighted by Crippen LogP contribution is -2.22. The summed E-state index contributed by atoms with van der Waals surface area (Å²) in [6.07, 6.45) is 2.32. The molecule has 0 aliphatic carbocycles. The predicted octanol–water partition coefficient (Wildman–Crippen LogP) is 3.92. The predicted molar refractivity (Wildman–Crippen MR) is 120 cm³/mol. The molecule has 7 nitrogen and oxygen atoms in total. The first kappa shape index (κ1) is 19.9. The van der Waals surface area contributed by atoms with Gasteiger partial charge in [-0.2, -0.15) is 0 Å². The van der Waals surface area contributed by atoms with Gasteiger partial charge in [-0.25, -0.2) is 0 Å². The molecule has 0 radical (unpaired) electrons. The Bertz CT molecular complexity index is 1090. The van der Waals surface area contributed by atoms with Crippen LogP contribution in [0.1, 0.15) is 28.8 Å². The van der Waals surface area contributed by atoms with Crippen molar-refractivity contribution in [3.63, 3.8) is 0 Å². The van der Waals surface area contributed by atoms with Gasteiger partial charge in [0.15, 0.2) is 22.4 Å². The van der Waals surface area contributed by atoms with Crippen molar-refractivity contribution in [3.05, 3.63) is 53.6 Å². The quantitative estimate of drug-likeness (QED) is 0.428. The fourth-order valence-corrected chi connectivity index (χ4v) is 4.67. The molecule has 0 spiro atoms. The maximum Gasteiger partial charge on any atom is 0.232 e. The fraction of sp³-hybridized carbons (Fsp3) is 0.348. The number of hydrogen-bond acceptors (Lipinski definition) is 7. The van der Waals surface area contributed by atoms with Crippen LogP contribution in [0, 0.1) is 6.92 Å². The molecule has 0 atom stereocenters. The fourth-order valence-electron chi connectivity index (χ4n) is 3.83. The molecule has 2 aromatic carbocycles. The van der Waals surface area contributed by atoms with E-state index in [0.717, 1.165) is 42.7 Å². The van der Waals surface area contributed by atoms with Crippen LogP contribution < -0.4 is 14.4 Å². The van der Waals surface area contributed by atoms with Crippen molar-refractivity contribution in [3.8, 4) is 17.2 Å². The van der Waals surface area contributed by atoms with E-state index in [1.54, 1.807) is 18.2 Å². The third-order valence-corrected chi connectivity index (χ3v) is 6.42. The summed E-state index contributed by atoms with van der Waals surface area (Å²) in [6, 6.07) is 13.7. The molecule has 0 bridgehead atoms. The number of ketones is 1. The van der Waals surface area contributed by atoms with E-state index in [4.69, 9.17) is 9.47 Å². The van der Waals surface area contributed by atoms with Crippen molar-refractivity contribution in [2.75, 3.05) is 37.0 Å². The summed E-state index contributed by atoms with van der Waals surface area (Å²) in [6.45, 7) is 5.05. The van der Waals surface area contributed by atoms with Crippen molar-refractivity contribution in [2.45, 2.75) is 24.9 Å². The third kappa shape index (κ3) is 4.12. The number of rotatable bonds is 6. The molecule has 0 unspecified atom stereocenters. The highest BCUT2D eigenvalue weighted by Crippen LogP contribution is 2.32. The molecule has 160 valence electrons. The van der Waals surface area contributed by atoms with E-state index >= 15 is 0 Å². The van der Waals surface area contributed by atoms with E-state index in [9.17, 15) is 4.79 Å². The van der Waals surface area contributed by atoms with Crippen molar-refractivity contribution >= 4 is 23.5 Å². The Morgan fingerprint density at radius 3 is 2.52 bits per heavy atom. The first-order chi connectivity index (χ1) is 15.2. The van der Waals surface area contributed by atoms with Crippen molar-refractivity contribution in [1.82, 2.24) is 14.8 Å². The zero-order chi connectivity index (χ0) is 21.2. The van der Waals surface area contributed by atoms with E-state index < -0.39 is 0 Å². The second-order valence-corrected chi connectivity index (χ2v) is 8.66. The topological polar surface area (TPSA) is 69.5 Å². The molecule has 2 aliphatic rings. The van der Waals surface area contributed by atoms with Gasteiger partial charge in [0, 0.05) is 18.7 Å². The number of hydrogen-bond donors (Lipinski definition) is 0. The van der Waals surface area contributed by atoms with Crippen LogP contribution in [0.5, 0.6) is 11.5 Å². The van der Waals surface area contributed by atoms with Crippen LogP contribution in [-0.2, 0) is 0 Å². The second-order valence-electron chi connectivity index (χ2n) is 7.72. The number of ether oxygens (including phenoxy) is 2. The Morgan fingerprint density at radius 2 is 1.74 bits per heavy atom. The van der Waals surface area contributed by atoms with Crippen LogP contribution in [-0.4, -0.2) is 52.6 Å². The first-order valence-electron chi connectivity index (χ1n) is 10.5. The molecule has 3 heterocycles. The van der Waals surface area contributed by atoms with E-state index in [0.29, 0.717) is 30.3 Å². The number of aryl methyl sites for hydroxylation is 1. The van der Waals surface area contributed by atoms with Gasteiger partial charge >= 0.3 is 0 Å². The summed E-state index contributed by atoms with van der Waals surface area (Å²) in [7, 11) is 0. The van der Waals surface area contributed by atoms with Crippen LogP contribution >= 0.6 is 11.8 Å². The highest BCUT2D eigenvalue weighted by atomic mass is 32.2. The summed E-state index contributed by atoms with van der Waals surface area (Å²) in [5, 5.41) is 9.63. The van der Waals surface area contributed by atoms with Crippen molar-refractivity contribution in [1.29, 1.82) is 0 Å². The Balaban J connectivity index is 1.38. The monoisotopic (exact) mass is 436 g/mol. The number of carbonyl (C=O) groups is 1. The van der Waals surface area contributed by atoms with Gasteiger partial charge < -0.3 is 14.4 Å². The van der Waals surface area contributed by atoms with E-state index in [-0.39, 0.29) is 11.5 Å². The lowest BCUT2D eigenvalue weighted by Gasteiger charge is -2.19. The number of fused-ring (bicyclic) bond motifs is 1. The van der Waals surface area contributed by atoms with Gasteiger partial charge in [-0.1, -0.05) is 29.5 Å². The molecule has 1 aromatic heterocycles. The van der Waals surface area contributed by atoms with Gasteiger partial charge in [-0.05, 0) is 50.1 Å². The van der Waals surface area contributed by atoms with Crippen LogP contribution in [0.4, 0.5) is 5.95 Å². The molecule has 1 saturated heterocycles. The normalized spacial score (nSPS) is 15.3. The molecule has 31 heavy (non-hydrogen) atoms. The van der Waals surface area contributed by atoms with Gasteiger partial charge in [0.1, 0.15) is 13.2 Å². The number of Topliss-reactive ketones (excluding diaryl/α,β-unsaturated/α-hetero) is 1. The average molecular weight is 437 g/mol. The van der Waals surface area contributed by atoms with Gasteiger partial charge in [-0.15, -0.1) is 10.2 Å². The Morgan fingerprint density at radius 1 is 1.00 bits per heavy atom. The highest BCUT2D eigenvalue weighted by Gasteiger charge is 2.23. The number of thioether (sulfide) groups is 1. The molecular weight excluding hydrogens is 412 g/mol. The van der Waals surface area contributed by atoms with E-state index in [1.165, 1.54) is 17.3 Å². The molecule has 0 amide bonds. The molecule has 0 N–H and O–H groups in total. The van der Waals surface area contributed by atoms with Gasteiger partial charge in [0.25, 0.3) is 0 Å². The average Bonchev–Trinajstić information content (AvgIpc) is 3.47. The zero-order valence-corrected chi connectivity index (χ0v) is 18.2. The number of carbonyl (C=O) groups excluding carboxylic acids is 1. The molecule has 1 fully saturated rings. The zero-order valence-electron chi connectivity index (χ0n) is 17.4. The standard InChI is InChI=1S/C23H24N4O3S/c1-16-4-7-18(8-5-16)27-22(26-10-2-3-11-26)24-25-23(27)31-15-19(28)17-6-9-20-21(14-17)30-13-12-29-20/h4-9,14H,2-3,10-13,15H2,1H3. The first-order valence-corrected chi connectivity index (χ1v) is 11.5. The molecule has 3 aromatic rings. The lowest BCUT2D eigenvalue weighted by atomic mass is 10.1. The highest BCUT2D eigenvalue weighted by molar-refractivity contribution is 7.99. The molecule has 2 aliphatic heterocycles. The largest absolute Gasteiger partial charge is 0.486 e. The molecular formula is C23H24N4O3S. The van der Waals surface area contributed by atoms with Gasteiger partial charge in [0.2, 0.25) is 5.95 Å². The van der Waals surface area contributed by atoms with Gasteiger partial charge in [-0.3, -0.25) is 9.36 Å². The summed E-state index contributed by atoms with van der Waals surface area (Å²) in [5.41, 5.74) is 2.81. The van der Waals surface area contributed by atoms with E-state index in [1.807, 2.05) is 0 Å². The van der Waals surface area contributed by atoms with Crippen molar-refractivity contribution in [2.24, 2.45) is 0 Å². The Hall–Kier alpha value is -3.00. The SMILES string of the molecule is Cc1ccc(-n2c(SCC(=O)c3ccc4c(c3)OCCO4)nnc2N2CCCC2)cc1. The summed E-state index contributed by atoms with van der Waals surface area (Å²) in [5.74, 6) is 2.44. The van der Waals surface area contributed by atoms with Crippen LogP contribution in [0.25, 0.3) is 5.69 Å². The molecule has 8 heteroatoms. The van der Waals surface area contributed by atoms with Crippen LogP contribution in [0.2, 0.25) is 0 Å². The smallest absolute Gasteiger partial charge is 0.232 e. The van der Waals surface area contributed by atoms with E-state index in [2.05, 4.69) is 50.9 Å². The Kier molecular flexibility index (Phi) is 5.55.